The number of nitrogens with zero attached hydrogens (tertiary/aromatic N) is 2. The van der Waals surface area contributed by atoms with Crippen molar-refractivity contribution in [2.24, 2.45) is 0 Å². The largest absolute Gasteiger partial charge is 0.487 e. The summed E-state index contributed by atoms with van der Waals surface area (Å²) >= 11 is 5.84. The lowest BCUT2D eigenvalue weighted by Gasteiger charge is -2.34. The molecule has 0 radical (unpaired) electrons. The van der Waals surface area contributed by atoms with Gasteiger partial charge in [-0.3, -0.25) is 4.79 Å². The lowest BCUT2D eigenvalue weighted by molar-refractivity contribution is -0.141. The number of ether oxygens (including phenoxy) is 1. The second-order valence-electron chi connectivity index (χ2n) is 8.15. The van der Waals surface area contributed by atoms with Gasteiger partial charge in [0.25, 0.3) is 0 Å². The average molecular weight is 501 g/mol. The van der Waals surface area contributed by atoms with Crippen molar-refractivity contribution in [1.29, 1.82) is 0 Å². The highest BCUT2D eigenvalue weighted by molar-refractivity contribution is 6.31. The third kappa shape index (κ3) is 5.19. The Kier molecular flexibility index (Phi) is 6.57. The second kappa shape index (κ2) is 9.28. The molecule has 2 aliphatic rings. The molecule has 1 aliphatic carbocycles. The van der Waals surface area contributed by atoms with Crippen LogP contribution in [0.15, 0.2) is 30.5 Å². The molecule has 3 amide bonds. The third-order valence-electron chi connectivity index (χ3n) is 5.60. The Morgan fingerprint density at radius 1 is 1.29 bits per heavy atom. The molecule has 2 aromatic rings. The quantitative estimate of drug-likeness (QED) is 0.607. The van der Waals surface area contributed by atoms with Crippen molar-refractivity contribution in [3.05, 3.63) is 58.1 Å². The summed E-state index contributed by atoms with van der Waals surface area (Å²) in [4.78, 5) is 29.7. The van der Waals surface area contributed by atoms with Crippen LogP contribution in [-0.4, -0.2) is 47.1 Å². The van der Waals surface area contributed by atoms with Gasteiger partial charge in [0.05, 0.1) is 17.2 Å². The van der Waals surface area contributed by atoms with E-state index in [2.05, 4.69) is 15.6 Å². The molecule has 2 fully saturated rings. The van der Waals surface area contributed by atoms with Crippen molar-refractivity contribution in [3.63, 3.8) is 0 Å². The number of piperazine rings is 1. The number of carbonyl (C=O) groups is 2. The van der Waals surface area contributed by atoms with E-state index in [9.17, 15) is 27.2 Å². The number of rotatable bonds is 5. The molecule has 1 aromatic heterocycles. The van der Waals surface area contributed by atoms with E-state index in [1.807, 2.05) is 0 Å². The zero-order chi connectivity index (χ0) is 24.6. The second-order valence-corrected chi connectivity index (χ2v) is 8.55. The molecule has 2 heterocycles. The minimum Gasteiger partial charge on any atom is -0.487 e. The van der Waals surface area contributed by atoms with Crippen molar-refractivity contribution in [2.75, 3.05) is 13.1 Å². The Morgan fingerprint density at radius 2 is 2.03 bits per heavy atom. The molecule has 0 bridgehead atoms. The Hall–Kier alpha value is -3.08. The van der Waals surface area contributed by atoms with E-state index in [1.165, 1.54) is 17.0 Å². The summed E-state index contributed by atoms with van der Waals surface area (Å²) in [5.41, 5.74) is -0.930. The first kappa shape index (κ1) is 24.1. The highest BCUT2D eigenvalue weighted by Gasteiger charge is 2.36. The van der Waals surface area contributed by atoms with E-state index < -0.39 is 40.8 Å². The van der Waals surface area contributed by atoms with Crippen LogP contribution in [-0.2, 0) is 11.0 Å². The Balaban J connectivity index is 1.67. The number of halogens is 5. The van der Waals surface area contributed by atoms with Crippen LogP contribution in [0.3, 0.4) is 0 Å². The first-order valence-electron chi connectivity index (χ1n) is 10.6. The molecule has 1 unspecified atom stereocenters. The van der Waals surface area contributed by atoms with Crippen molar-refractivity contribution >= 4 is 23.5 Å². The standard InChI is InChI=1S/C22H21ClF4N4O3/c1-11-20(32)28-6-7-31(11)21(33)30-18(13-8-15(23)19(29-10-13)22(25,26)27)12-2-5-17(16(24)9-12)34-14-3-4-14/h2,5,8-11,14,18H,3-4,6-7H2,1H3,(H,28,32)(H,30,33)/t11-,18?/m1/s1. The van der Waals surface area contributed by atoms with Gasteiger partial charge in [-0.1, -0.05) is 17.7 Å². The molecule has 2 N–H and O–H groups in total. The van der Waals surface area contributed by atoms with Gasteiger partial charge in [0, 0.05) is 19.3 Å². The summed E-state index contributed by atoms with van der Waals surface area (Å²) in [5, 5.41) is 4.65. The fourth-order valence-electron chi connectivity index (χ4n) is 3.60. The molecule has 182 valence electrons. The Morgan fingerprint density at radius 3 is 2.65 bits per heavy atom. The molecule has 12 heteroatoms. The molecular formula is C22H21ClF4N4O3. The number of aromatic nitrogens is 1. The zero-order valence-electron chi connectivity index (χ0n) is 18.0. The molecule has 1 aromatic carbocycles. The van der Waals surface area contributed by atoms with Gasteiger partial charge in [-0.15, -0.1) is 0 Å². The maximum absolute atomic E-state index is 14.7. The minimum atomic E-state index is -4.77. The minimum absolute atomic E-state index is 0.0412. The molecule has 1 saturated heterocycles. The number of benzene rings is 1. The number of nitrogens with one attached hydrogen (secondary N) is 2. The van der Waals surface area contributed by atoms with Crippen molar-refractivity contribution in [1.82, 2.24) is 20.5 Å². The zero-order valence-corrected chi connectivity index (χ0v) is 18.7. The van der Waals surface area contributed by atoms with Crippen LogP contribution in [0.5, 0.6) is 5.75 Å². The van der Waals surface area contributed by atoms with Crippen LogP contribution in [0, 0.1) is 5.82 Å². The van der Waals surface area contributed by atoms with Crippen molar-refractivity contribution in [2.45, 2.75) is 44.1 Å². The lowest BCUT2D eigenvalue weighted by Crippen LogP contribution is -2.58. The van der Waals surface area contributed by atoms with Gasteiger partial charge in [-0.05, 0) is 49.1 Å². The van der Waals surface area contributed by atoms with Gasteiger partial charge in [0.15, 0.2) is 17.3 Å². The van der Waals surface area contributed by atoms with Gasteiger partial charge in [-0.25, -0.2) is 14.2 Å². The number of amides is 3. The summed E-state index contributed by atoms with van der Waals surface area (Å²) in [6.45, 7) is 2.01. The highest BCUT2D eigenvalue weighted by Crippen LogP contribution is 2.36. The van der Waals surface area contributed by atoms with Gasteiger partial charge in [-0.2, -0.15) is 13.2 Å². The SMILES string of the molecule is C[C@@H]1C(=O)NCCN1C(=O)NC(c1ccc(OC2CC2)c(F)c1)c1cnc(C(F)(F)F)c(Cl)c1. The number of urea groups is 1. The molecule has 4 rings (SSSR count). The molecule has 0 spiro atoms. The van der Waals surface area contributed by atoms with E-state index >= 15 is 0 Å². The molecule has 2 atom stereocenters. The maximum atomic E-state index is 14.7. The van der Waals surface area contributed by atoms with Gasteiger partial charge >= 0.3 is 12.2 Å². The first-order chi connectivity index (χ1) is 16.0. The van der Waals surface area contributed by atoms with E-state index in [4.69, 9.17) is 16.3 Å². The van der Waals surface area contributed by atoms with E-state index in [0.717, 1.165) is 31.2 Å². The summed E-state index contributed by atoms with van der Waals surface area (Å²) in [6, 6.07) is 2.56. The number of carbonyl (C=O) groups excluding carboxylic acids is 2. The summed E-state index contributed by atoms with van der Waals surface area (Å²) in [5.74, 6) is -0.980. The topological polar surface area (TPSA) is 83.6 Å². The number of hydrogen-bond acceptors (Lipinski definition) is 4. The fourth-order valence-corrected chi connectivity index (χ4v) is 3.88. The van der Waals surface area contributed by atoms with Crippen LogP contribution in [0.1, 0.15) is 42.6 Å². The molecule has 34 heavy (non-hydrogen) atoms. The van der Waals surface area contributed by atoms with Crippen LogP contribution < -0.4 is 15.4 Å². The Labute approximate surface area is 197 Å². The highest BCUT2D eigenvalue weighted by atomic mass is 35.5. The van der Waals surface area contributed by atoms with Crippen molar-refractivity contribution in [3.8, 4) is 5.75 Å². The summed E-state index contributed by atoms with van der Waals surface area (Å²) < 4.78 is 59.6. The predicted octanol–water partition coefficient (Wildman–Crippen LogP) is 4.05. The van der Waals surface area contributed by atoms with Crippen molar-refractivity contribution < 1.29 is 31.9 Å². The lowest BCUT2D eigenvalue weighted by atomic mass is 9.99. The maximum Gasteiger partial charge on any atom is 0.434 e. The molecule has 7 nitrogen and oxygen atoms in total. The van der Waals surface area contributed by atoms with Crippen LogP contribution in [0.2, 0.25) is 5.02 Å². The normalized spacial score (nSPS) is 19.4. The fraction of sp³-hybridized carbons (Fsp3) is 0.409. The van der Waals surface area contributed by atoms with Gasteiger partial charge in [0.2, 0.25) is 5.91 Å². The average Bonchev–Trinajstić information content (AvgIpc) is 3.58. The van der Waals surface area contributed by atoms with Crippen LogP contribution >= 0.6 is 11.6 Å². The van der Waals surface area contributed by atoms with E-state index in [1.54, 1.807) is 6.92 Å². The summed E-state index contributed by atoms with van der Waals surface area (Å²) in [7, 11) is 0. The number of hydrogen-bond donors (Lipinski definition) is 2. The first-order valence-corrected chi connectivity index (χ1v) is 11.0. The van der Waals surface area contributed by atoms with Gasteiger partial charge in [0.1, 0.15) is 6.04 Å². The predicted molar refractivity (Wildman–Crippen MR) is 114 cm³/mol. The van der Waals surface area contributed by atoms with Crippen LogP contribution in [0.25, 0.3) is 0 Å². The molecule has 1 aliphatic heterocycles. The Bertz CT molecular complexity index is 1110. The smallest absolute Gasteiger partial charge is 0.434 e. The number of pyridine rings is 1. The van der Waals surface area contributed by atoms with E-state index in [0.29, 0.717) is 0 Å². The van der Waals surface area contributed by atoms with Gasteiger partial charge < -0.3 is 20.3 Å². The third-order valence-corrected chi connectivity index (χ3v) is 5.89. The van der Waals surface area contributed by atoms with E-state index in [-0.39, 0.29) is 42.0 Å². The monoisotopic (exact) mass is 500 g/mol. The molecular weight excluding hydrogens is 480 g/mol. The van der Waals surface area contributed by atoms with Crippen LogP contribution in [0.4, 0.5) is 22.4 Å². The number of alkyl halides is 3. The molecule has 1 saturated carbocycles. The summed E-state index contributed by atoms with van der Waals surface area (Å²) in [6.07, 6.45) is -2.22.